The highest BCUT2D eigenvalue weighted by Gasteiger charge is 2.28. The molecule has 3 heteroatoms. The second kappa shape index (κ2) is 5.64. The molecular formula is C16H24N2O. The minimum absolute atomic E-state index is 0.206. The molecule has 1 heterocycles. The summed E-state index contributed by atoms with van der Waals surface area (Å²) in [6, 6.07) is 6.59. The molecule has 1 aromatic rings. The van der Waals surface area contributed by atoms with Crippen LogP contribution in [0.3, 0.4) is 0 Å². The Kier molecular flexibility index (Phi) is 4.13. The van der Waals surface area contributed by atoms with E-state index in [1.54, 1.807) is 0 Å². The topological polar surface area (TPSA) is 46.3 Å². The molecule has 0 bridgehead atoms. The molecule has 0 radical (unpaired) electrons. The molecule has 2 N–H and O–H groups in total. The zero-order chi connectivity index (χ0) is 14.0. The van der Waals surface area contributed by atoms with Gasteiger partial charge in [-0.2, -0.15) is 0 Å². The summed E-state index contributed by atoms with van der Waals surface area (Å²) >= 11 is 0. The number of anilines is 1. The van der Waals surface area contributed by atoms with E-state index in [4.69, 9.17) is 5.73 Å². The predicted octanol–water partition coefficient (Wildman–Crippen LogP) is 2.91. The number of piperidine rings is 1. The molecule has 1 aliphatic heterocycles. The number of rotatable bonds is 2. The Morgan fingerprint density at radius 1 is 1.32 bits per heavy atom. The fourth-order valence-corrected chi connectivity index (χ4v) is 3.05. The maximum absolute atomic E-state index is 12.5. The SMILES string of the molecule is Cc1ccc(N)c(CC(=O)N2[C@H](C)CCC[C@@H]2C)c1. The highest BCUT2D eigenvalue weighted by atomic mass is 16.2. The molecule has 104 valence electrons. The van der Waals surface area contributed by atoms with E-state index in [0.717, 1.165) is 29.7 Å². The number of carbonyl (C=O) groups excluding carboxylic acids is 1. The summed E-state index contributed by atoms with van der Waals surface area (Å²) in [6.07, 6.45) is 3.86. The zero-order valence-electron chi connectivity index (χ0n) is 12.1. The monoisotopic (exact) mass is 260 g/mol. The third kappa shape index (κ3) is 3.09. The lowest BCUT2D eigenvalue weighted by atomic mass is 9.96. The van der Waals surface area contributed by atoms with Gasteiger partial charge in [-0.05, 0) is 51.7 Å². The van der Waals surface area contributed by atoms with Gasteiger partial charge >= 0.3 is 0 Å². The molecule has 1 aliphatic rings. The van der Waals surface area contributed by atoms with Gasteiger partial charge in [-0.3, -0.25) is 4.79 Å². The van der Waals surface area contributed by atoms with Gasteiger partial charge in [0.15, 0.2) is 0 Å². The van der Waals surface area contributed by atoms with Gasteiger partial charge in [0.25, 0.3) is 0 Å². The molecule has 0 spiro atoms. The Hall–Kier alpha value is -1.51. The molecule has 1 saturated heterocycles. The average molecular weight is 260 g/mol. The van der Waals surface area contributed by atoms with Crippen LogP contribution in [-0.2, 0) is 11.2 Å². The van der Waals surface area contributed by atoms with Gasteiger partial charge in [-0.25, -0.2) is 0 Å². The molecule has 0 unspecified atom stereocenters. The number of amides is 1. The van der Waals surface area contributed by atoms with Crippen LogP contribution in [0, 0.1) is 6.92 Å². The number of nitrogens with two attached hydrogens (primary N) is 1. The van der Waals surface area contributed by atoms with Crippen molar-refractivity contribution in [3.05, 3.63) is 29.3 Å². The summed E-state index contributed by atoms with van der Waals surface area (Å²) in [5.41, 5.74) is 8.79. The van der Waals surface area contributed by atoms with Gasteiger partial charge in [0.2, 0.25) is 5.91 Å². The summed E-state index contributed by atoms with van der Waals surface area (Å²) in [5, 5.41) is 0. The number of benzene rings is 1. The van der Waals surface area contributed by atoms with Crippen molar-refractivity contribution in [2.75, 3.05) is 5.73 Å². The van der Waals surface area contributed by atoms with Crippen LogP contribution in [0.25, 0.3) is 0 Å². The largest absolute Gasteiger partial charge is 0.398 e. The molecule has 1 fully saturated rings. The molecule has 2 rings (SSSR count). The van der Waals surface area contributed by atoms with Crippen LogP contribution >= 0.6 is 0 Å². The summed E-state index contributed by atoms with van der Waals surface area (Å²) in [4.78, 5) is 14.6. The Balaban J connectivity index is 2.13. The van der Waals surface area contributed by atoms with Crippen LogP contribution in [0.15, 0.2) is 18.2 Å². The molecule has 1 aromatic carbocycles. The first-order valence-corrected chi connectivity index (χ1v) is 7.15. The maximum atomic E-state index is 12.5. The minimum Gasteiger partial charge on any atom is -0.398 e. The van der Waals surface area contributed by atoms with Crippen molar-refractivity contribution in [1.29, 1.82) is 0 Å². The van der Waals surface area contributed by atoms with E-state index in [0.29, 0.717) is 18.5 Å². The summed E-state index contributed by atoms with van der Waals surface area (Å²) in [6.45, 7) is 6.32. The molecule has 1 amide bonds. The van der Waals surface area contributed by atoms with E-state index in [9.17, 15) is 4.79 Å². The fourth-order valence-electron chi connectivity index (χ4n) is 3.05. The number of carbonyl (C=O) groups is 1. The van der Waals surface area contributed by atoms with Crippen molar-refractivity contribution in [3.8, 4) is 0 Å². The van der Waals surface area contributed by atoms with Crippen molar-refractivity contribution in [2.45, 2.75) is 58.5 Å². The van der Waals surface area contributed by atoms with Crippen LogP contribution < -0.4 is 5.73 Å². The highest BCUT2D eigenvalue weighted by Crippen LogP contribution is 2.24. The van der Waals surface area contributed by atoms with Gasteiger partial charge in [-0.15, -0.1) is 0 Å². The summed E-state index contributed by atoms with van der Waals surface area (Å²) in [5.74, 6) is 0.206. The summed E-state index contributed by atoms with van der Waals surface area (Å²) in [7, 11) is 0. The van der Waals surface area contributed by atoms with E-state index < -0.39 is 0 Å². The maximum Gasteiger partial charge on any atom is 0.227 e. The third-order valence-corrected chi connectivity index (χ3v) is 4.12. The van der Waals surface area contributed by atoms with Crippen LogP contribution in [-0.4, -0.2) is 22.9 Å². The Morgan fingerprint density at radius 2 is 1.95 bits per heavy atom. The second-order valence-corrected chi connectivity index (χ2v) is 5.81. The van der Waals surface area contributed by atoms with Crippen molar-refractivity contribution < 1.29 is 4.79 Å². The van der Waals surface area contributed by atoms with Gasteiger partial charge in [-0.1, -0.05) is 17.7 Å². The normalized spacial score (nSPS) is 23.4. The Morgan fingerprint density at radius 3 is 2.58 bits per heavy atom. The highest BCUT2D eigenvalue weighted by molar-refractivity contribution is 5.81. The first kappa shape index (κ1) is 13.9. The fraction of sp³-hybridized carbons (Fsp3) is 0.562. The van der Waals surface area contributed by atoms with Crippen LogP contribution in [0.2, 0.25) is 0 Å². The molecule has 3 nitrogen and oxygen atoms in total. The van der Waals surface area contributed by atoms with Crippen molar-refractivity contribution in [2.24, 2.45) is 0 Å². The lowest BCUT2D eigenvalue weighted by Gasteiger charge is -2.39. The van der Waals surface area contributed by atoms with Crippen LogP contribution in [0.5, 0.6) is 0 Å². The molecule has 0 saturated carbocycles. The third-order valence-electron chi connectivity index (χ3n) is 4.12. The second-order valence-electron chi connectivity index (χ2n) is 5.81. The van der Waals surface area contributed by atoms with E-state index in [1.807, 2.05) is 30.0 Å². The molecular weight excluding hydrogens is 236 g/mol. The van der Waals surface area contributed by atoms with Crippen molar-refractivity contribution in [3.63, 3.8) is 0 Å². The van der Waals surface area contributed by atoms with Gasteiger partial charge in [0, 0.05) is 17.8 Å². The quantitative estimate of drug-likeness (QED) is 0.831. The standard InChI is InChI=1S/C16H24N2O/c1-11-7-8-15(17)14(9-11)10-16(19)18-12(2)5-4-6-13(18)3/h7-9,12-13H,4-6,10,17H2,1-3H3/t12-,13+. The molecule has 0 aromatic heterocycles. The van der Waals surface area contributed by atoms with Gasteiger partial charge in [0.1, 0.15) is 0 Å². The van der Waals surface area contributed by atoms with Gasteiger partial charge < -0.3 is 10.6 Å². The zero-order valence-corrected chi connectivity index (χ0v) is 12.1. The van der Waals surface area contributed by atoms with Gasteiger partial charge in [0.05, 0.1) is 6.42 Å². The molecule has 0 aliphatic carbocycles. The lowest BCUT2D eigenvalue weighted by Crippen LogP contribution is -2.48. The molecule has 2 atom stereocenters. The number of hydrogen-bond donors (Lipinski definition) is 1. The average Bonchev–Trinajstić information content (AvgIpc) is 2.33. The minimum atomic E-state index is 0.206. The number of hydrogen-bond acceptors (Lipinski definition) is 2. The molecule has 19 heavy (non-hydrogen) atoms. The van der Waals surface area contributed by atoms with Crippen molar-refractivity contribution >= 4 is 11.6 Å². The first-order chi connectivity index (χ1) is 8.99. The smallest absolute Gasteiger partial charge is 0.227 e. The Bertz CT molecular complexity index is 460. The van der Waals surface area contributed by atoms with E-state index in [1.165, 1.54) is 6.42 Å². The number of nitrogen functional groups attached to an aromatic ring is 1. The van der Waals surface area contributed by atoms with E-state index in [-0.39, 0.29) is 5.91 Å². The van der Waals surface area contributed by atoms with Crippen LogP contribution in [0.4, 0.5) is 5.69 Å². The Labute approximate surface area is 115 Å². The number of likely N-dealkylation sites (tertiary alicyclic amines) is 1. The summed E-state index contributed by atoms with van der Waals surface area (Å²) < 4.78 is 0. The predicted molar refractivity (Wildman–Crippen MR) is 78.9 cm³/mol. The van der Waals surface area contributed by atoms with Crippen LogP contribution in [0.1, 0.15) is 44.2 Å². The van der Waals surface area contributed by atoms with Crippen molar-refractivity contribution in [1.82, 2.24) is 4.90 Å². The van der Waals surface area contributed by atoms with E-state index >= 15 is 0 Å². The lowest BCUT2D eigenvalue weighted by molar-refractivity contribution is -0.136. The first-order valence-electron chi connectivity index (χ1n) is 7.15. The number of aryl methyl sites for hydroxylation is 1. The number of nitrogens with zero attached hydrogens (tertiary/aromatic N) is 1. The van der Waals surface area contributed by atoms with E-state index in [2.05, 4.69) is 13.8 Å².